The van der Waals surface area contributed by atoms with Gasteiger partial charge in [-0.3, -0.25) is 19.3 Å². The lowest BCUT2D eigenvalue weighted by Crippen LogP contribution is -2.39. The van der Waals surface area contributed by atoms with E-state index in [1.165, 1.54) is 0 Å². The Balaban J connectivity index is 1.20. The molecule has 2 heterocycles. The van der Waals surface area contributed by atoms with Crippen LogP contribution in [0.3, 0.4) is 0 Å². The van der Waals surface area contributed by atoms with E-state index in [1.54, 1.807) is 29.2 Å². The lowest BCUT2D eigenvalue weighted by Gasteiger charge is -2.26. The Bertz CT molecular complexity index is 1100. The number of anilines is 2. The van der Waals surface area contributed by atoms with Crippen molar-refractivity contribution >= 4 is 29.1 Å². The van der Waals surface area contributed by atoms with Gasteiger partial charge in [-0.25, -0.2) is 0 Å². The highest BCUT2D eigenvalue weighted by atomic mass is 16.5. The van der Waals surface area contributed by atoms with Gasteiger partial charge in [0.15, 0.2) is 6.61 Å². The number of benzene rings is 2. The molecule has 2 aliphatic heterocycles. The number of nitrogens with zero attached hydrogens (tertiary/aromatic N) is 2. The van der Waals surface area contributed by atoms with Crippen LogP contribution in [-0.4, -0.2) is 75.2 Å². The second-order valence-corrected chi connectivity index (χ2v) is 9.65. The van der Waals surface area contributed by atoms with E-state index in [0.717, 1.165) is 56.1 Å². The van der Waals surface area contributed by atoms with Crippen LogP contribution in [0.25, 0.3) is 0 Å². The van der Waals surface area contributed by atoms with E-state index in [2.05, 4.69) is 15.5 Å². The van der Waals surface area contributed by atoms with Crippen molar-refractivity contribution in [3.05, 3.63) is 53.6 Å². The first-order chi connectivity index (χ1) is 17.9. The number of morpholine rings is 1. The van der Waals surface area contributed by atoms with E-state index in [0.29, 0.717) is 24.5 Å². The van der Waals surface area contributed by atoms with Crippen molar-refractivity contribution in [2.75, 3.05) is 62.8 Å². The standard InChI is InChI=1S/C28H36N4O5/c1-20-4-9-25(21(2)16-20)30-26(33)19-37-24-7-5-23(6-8-24)32-18-22(17-27(32)34)28(35)29-10-3-11-31-12-14-36-15-13-31/h4-9,16,22H,3,10-15,17-19H2,1-2H3,(H,29,35)(H,30,33)/t22-/m1/s1. The molecule has 2 fully saturated rings. The van der Waals surface area contributed by atoms with Crippen LogP contribution in [0.15, 0.2) is 42.5 Å². The maximum Gasteiger partial charge on any atom is 0.262 e. The molecule has 4 rings (SSSR count). The molecule has 0 unspecified atom stereocenters. The van der Waals surface area contributed by atoms with Crippen molar-refractivity contribution in [3.8, 4) is 5.75 Å². The van der Waals surface area contributed by atoms with Crippen LogP contribution in [0.5, 0.6) is 5.75 Å². The number of hydrogen-bond acceptors (Lipinski definition) is 6. The summed E-state index contributed by atoms with van der Waals surface area (Å²) in [5.41, 5.74) is 3.60. The van der Waals surface area contributed by atoms with Gasteiger partial charge >= 0.3 is 0 Å². The van der Waals surface area contributed by atoms with Crippen molar-refractivity contribution in [3.63, 3.8) is 0 Å². The summed E-state index contributed by atoms with van der Waals surface area (Å²) < 4.78 is 11.0. The highest BCUT2D eigenvalue weighted by molar-refractivity contribution is 6.00. The Hall–Kier alpha value is -3.43. The molecular weight excluding hydrogens is 472 g/mol. The number of nitrogens with one attached hydrogen (secondary N) is 2. The van der Waals surface area contributed by atoms with Crippen LogP contribution in [-0.2, 0) is 19.1 Å². The molecule has 9 nitrogen and oxygen atoms in total. The number of hydrogen-bond donors (Lipinski definition) is 2. The number of amides is 3. The third-order valence-electron chi connectivity index (χ3n) is 6.72. The van der Waals surface area contributed by atoms with Gasteiger partial charge in [0.2, 0.25) is 11.8 Å². The second-order valence-electron chi connectivity index (χ2n) is 9.65. The predicted molar refractivity (Wildman–Crippen MR) is 142 cm³/mol. The van der Waals surface area contributed by atoms with Crippen LogP contribution in [0.4, 0.5) is 11.4 Å². The summed E-state index contributed by atoms with van der Waals surface area (Å²) in [6, 6.07) is 12.8. The summed E-state index contributed by atoms with van der Waals surface area (Å²) in [6.45, 7) is 9.12. The number of carbonyl (C=O) groups is 3. The van der Waals surface area contributed by atoms with E-state index in [4.69, 9.17) is 9.47 Å². The molecule has 37 heavy (non-hydrogen) atoms. The van der Waals surface area contributed by atoms with Crippen LogP contribution >= 0.6 is 0 Å². The van der Waals surface area contributed by atoms with Gasteiger partial charge in [-0.05, 0) is 62.7 Å². The lowest BCUT2D eigenvalue weighted by atomic mass is 10.1. The number of rotatable bonds is 10. The van der Waals surface area contributed by atoms with Crippen molar-refractivity contribution in [1.29, 1.82) is 0 Å². The fourth-order valence-electron chi connectivity index (χ4n) is 4.63. The maximum atomic E-state index is 12.6. The molecule has 0 radical (unpaired) electrons. The van der Waals surface area contributed by atoms with Gasteiger partial charge in [-0.15, -0.1) is 0 Å². The number of aryl methyl sites for hydroxylation is 2. The highest BCUT2D eigenvalue weighted by Crippen LogP contribution is 2.27. The zero-order valence-electron chi connectivity index (χ0n) is 21.6. The minimum atomic E-state index is -0.360. The molecule has 2 saturated heterocycles. The smallest absolute Gasteiger partial charge is 0.262 e. The van der Waals surface area contributed by atoms with E-state index >= 15 is 0 Å². The van der Waals surface area contributed by atoms with E-state index in [1.807, 2.05) is 32.0 Å². The topological polar surface area (TPSA) is 100 Å². The molecule has 2 aromatic carbocycles. The first kappa shape index (κ1) is 26.6. The largest absolute Gasteiger partial charge is 0.484 e. The number of ether oxygens (including phenoxy) is 2. The van der Waals surface area contributed by atoms with Crippen LogP contribution in [0, 0.1) is 19.8 Å². The summed E-state index contributed by atoms with van der Waals surface area (Å²) in [5.74, 6) is -0.228. The molecule has 9 heteroatoms. The SMILES string of the molecule is Cc1ccc(NC(=O)COc2ccc(N3C[C@H](C(=O)NCCCN4CCOCC4)CC3=O)cc2)c(C)c1. The van der Waals surface area contributed by atoms with E-state index < -0.39 is 0 Å². The Morgan fingerprint density at radius 2 is 1.84 bits per heavy atom. The number of carbonyl (C=O) groups excluding carboxylic acids is 3. The van der Waals surface area contributed by atoms with Crippen LogP contribution in [0.2, 0.25) is 0 Å². The molecular formula is C28H36N4O5. The van der Waals surface area contributed by atoms with Gasteiger partial charge in [0, 0.05) is 44.0 Å². The van der Waals surface area contributed by atoms with Gasteiger partial charge in [0.1, 0.15) is 5.75 Å². The molecule has 0 spiro atoms. The van der Waals surface area contributed by atoms with E-state index in [-0.39, 0.29) is 36.7 Å². The first-order valence-electron chi connectivity index (χ1n) is 12.9. The molecule has 3 amide bonds. The summed E-state index contributed by atoms with van der Waals surface area (Å²) in [7, 11) is 0. The molecule has 1 atom stereocenters. The van der Waals surface area contributed by atoms with Crippen molar-refractivity contribution in [2.45, 2.75) is 26.7 Å². The first-order valence-corrected chi connectivity index (χ1v) is 12.9. The van der Waals surface area contributed by atoms with Crippen LogP contribution in [0.1, 0.15) is 24.0 Å². The van der Waals surface area contributed by atoms with Gasteiger partial charge in [-0.1, -0.05) is 17.7 Å². The lowest BCUT2D eigenvalue weighted by molar-refractivity contribution is -0.126. The monoisotopic (exact) mass is 508 g/mol. The molecule has 0 bridgehead atoms. The third kappa shape index (κ3) is 7.53. The van der Waals surface area contributed by atoms with Gasteiger partial charge in [0.05, 0.1) is 19.1 Å². The summed E-state index contributed by atoms with van der Waals surface area (Å²) in [6.07, 6.45) is 1.08. The van der Waals surface area contributed by atoms with Crippen LogP contribution < -0.4 is 20.3 Å². The Morgan fingerprint density at radius 3 is 2.57 bits per heavy atom. The fraction of sp³-hybridized carbons (Fsp3) is 0.464. The van der Waals surface area contributed by atoms with Crippen molar-refractivity contribution in [1.82, 2.24) is 10.2 Å². The normalized spacial score (nSPS) is 18.1. The minimum Gasteiger partial charge on any atom is -0.484 e. The summed E-state index contributed by atoms with van der Waals surface area (Å²) in [5, 5.41) is 5.84. The average molecular weight is 509 g/mol. The minimum absolute atomic E-state index is 0.0741. The molecule has 2 aliphatic rings. The quantitative estimate of drug-likeness (QED) is 0.479. The highest BCUT2D eigenvalue weighted by Gasteiger charge is 2.35. The van der Waals surface area contributed by atoms with E-state index in [9.17, 15) is 14.4 Å². The Kier molecular flexibility index (Phi) is 9.14. The molecule has 2 N–H and O–H groups in total. The van der Waals surface area contributed by atoms with Gasteiger partial charge in [-0.2, -0.15) is 0 Å². The Labute approximate surface area is 218 Å². The predicted octanol–water partition coefficient (Wildman–Crippen LogP) is 2.51. The Morgan fingerprint density at radius 1 is 1.08 bits per heavy atom. The van der Waals surface area contributed by atoms with Gasteiger partial charge < -0.3 is 25.0 Å². The average Bonchev–Trinajstić information content (AvgIpc) is 3.29. The summed E-state index contributed by atoms with van der Waals surface area (Å²) in [4.78, 5) is 41.5. The molecule has 0 aromatic heterocycles. The molecule has 0 aliphatic carbocycles. The zero-order chi connectivity index (χ0) is 26.2. The molecule has 0 saturated carbocycles. The maximum absolute atomic E-state index is 12.6. The third-order valence-corrected chi connectivity index (χ3v) is 6.72. The molecule has 2 aromatic rings. The summed E-state index contributed by atoms with van der Waals surface area (Å²) >= 11 is 0. The van der Waals surface area contributed by atoms with Crippen molar-refractivity contribution < 1.29 is 23.9 Å². The van der Waals surface area contributed by atoms with Gasteiger partial charge in [0.25, 0.3) is 5.91 Å². The fourth-order valence-corrected chi connectivity index (χ4v) is 4.63. The zero-order valence-corrected chi connectivity index (χ0v) is 21.6. The van der Waals surface area contributed by atoms with Crippen molar-refractivity contribution in [2.24, 2.45) is 5.92 Å². The second kappa shape index (κ2) is 12.7. The molecule has 198 valence electrons.